The second-order valence-corrected chi connectivity index (χ2v) is 10.6. The quantitative estimate of drug-likeness (QED) is 0.802. The van der Waals surface area contributed by atoms with E-state index in [0.29, 0.717) is 21.7 Å². The van der Waals surface area contributed by atoms with Gasteiger partial charge in [0.2, 0.25) is 0 Å². The zero-order valence-corrected chi connectivity index (χ0v) is 15.9. The summed E-state index contributed by atoms with van der Waals surface area (Å²) in [4.78, 5) is 24.6. The van der Waals surface area contributed by atoms with Gasteiger partial charge in [-0.05, 0) is 81.4 Å². The Kier molecular flexibility index (Phi) is 3.85. The van der Waals surface area contributed by atoms with Gasteiger partial charge >= 0.3 is 0 Å². The molecule has 1 N–H and O–H groups in total. The fraction of sp³-hybridized carbons (Fsp3) is 0.619. The number of rotatable bonds is 4. The Balaban J connectivity index is 1.33. The topological polar surface area (TPSA) is 55.4 Å². The molecule has 1 amide bonds. The fourth-order valence-corrected chi connectivity index (χ4v) is 8.06. The van der Waals surface area contributed by atoms with E-state index < -0.39 is 0 Å². The molecule has 6 rings (SSSR count). The molecular weight excluding hydrogens is 346 g/mol. The van der Waals surface area contributed by atoms with E-state index in [1.165, 1.54) is 38.5 Å². The van der Waals surface area contributed by atoms with Crippen molar-refractivity contribution in [3.05, 3.63) is 23.8 Å². The van der Waals surface area contributed by atoms with Gasteiger partial charge in [-0.3, -0.25) is 9.59 Å². The Bertz CT molecular complexity index is 739. The van der Waals surface area contributed by atoms with Crippen molar-refractivity contribution >= 4 is 29.1 Å². The van der Waals surface area contributed by atoms with Crippen molar-refractivity contribution in [3.8, 4) is 5.75 Å². The summed E-state index contributed by atoms with van der Waals surface area (Å²) in [6.07, 6.45) is 8.17. The summed E-state index contributed by atoms with van der Waals surface area (Å²) in [5.41, 5.74) is 1.28. The lowest BCUT2D eigenvalue weighted by Crippen LogP contribution is -2.49. The van der Waals surface area contributed by atoms with Crippen LogP contribution in [0.1, 0.15) is 55.8 Å². The fourth-order valence-electron chi connectivity index (χ4n) is 6.08. The largest absolute Gasteiger partial charge is 0.482 e. The lowest BCUT2D eigenvalue weighted by molar-refractivity contribution is -0.118. The van der Waals surface area contributed by atoms with E-state index in [0.717, 1.165) is 17.8 Å². The van der Waals surface area contributed by atoms with Gasteiger partial charge < -0.3 is 10.1 Å². The lowest BCUT2D eigenvalue weighted by Gasteiger charge is -2.57. The second kappa shape index (κ2) is 6.01. The van der Waals surface area contributed by atoms with Crippen molar-refractivity contribution in [3.63, 3.8) is 0 Å². The number of thioether (sulfide) groups is 1. The number of carbonyl (C=O) groups excluding carboxylic acids is 2. The molecule has 1 aromatic rings. The average molecular weight is 372 g/mol. The predicted molar refractivity (Wildman–Crippen MR) is 103 cm³/mol. The monoisotopic (exact) mass is 371 g/mol. The number of hydrogen-bond acceptors (Lipinski definition) is 4. The first kappa shape index (κ1) is 16.7. The standard InChI is InChI=1S/C21H25NO3S/c1-12(26-21-8-13-4-14(9-21)6-15(5-13)10-21)20(24)16-2-3-18-17(7-16)22-19(23)11-25-18/h2-3,7,12-15H,4-6,8-11H2,1H3,(H,22,23)/t12-,13?,14?,15?,21?/m0/s1. The Morgan fingerprint density at radius 3 is 2.50 bits per heavy atom. The highest BCUT2D eigenvalue weighted by Crippen LogP contribution is 2.61. The molecule has 1 aliphatic heterocycles. The van der Waals surface area contributed by atoms with Gasteiger partial charge in [0.1, 0.15) is 5.75 Å². The summed E-state index contributed by atoms with van der Waals surface area (Å²) in [5, 5.41) is 2.75. The van der Waals surface area contributed by atoms with Crippen LogP contribution in [0.2, 0.25) is 0 Å². The first-order valence-corrected chi connectivity index (χ1v) is 10.7. The van der Waals surface area contributed by atoms with Crippen LogP contribution in [0, 0.1) is 17.8 Å². The molecule has 4 fully saturated rings. The van der Waals surface area contributed by atoms with Crippen LogP contribution in [0.5, 0.6) is 5.75 Å². The van der Waals surface area contributed by atoms with Crippen molar-refractivity contribution in [1.82, 2.24) is 0 Å². The number of carbonyl (C=O) groups is 2. The minimum absolute atomic E-state index is 0.0402. The van der Waals surface area contributed by atoms with Crippen molar-refractivity contribution in [2.75, 3.05) is 11.9 Å². The van der Waals surface area contributed by atoms with Gasteiger partial charge in [0.25, 0.3) is 5.91 Å². The first-order chi connectivity index (χ1) is 12.5. The number of anilines is 1. The Hall–Kier alpha value is -1.49. The highest BCUT2D eigenvalue weighted by atomic mass is 32.2. The SMILES string of the molecule is C[C@H](SC12CC3CC(CC(C3)C1)C2)C(=O)c1ccc2c(c1)NC(=O)CO2. The molecule has 138 valence electrons. The maximum absolute atomic E-state index is 13.1. The van der Waals surface area contributed by atoms with Gasteiger partial charge in [-0.2, -0.15) is 0 Å². The molecule has 5 heteroatoms. The normalized spacial score (nSPS) is 35.4. The average Bonchev–Trinajstić information content (AvgIpc) is 2.58. The highest BCUT2D eigenvalue weighted by molar-refractivity contribution is 8.02. The van der Waals surface area contributed by atoms with E-state index in [2.05, 4.69) is 12.2 Å². The van der Waals surface area contributed by atoms with E-state index in [-0.39, 0.29) is 23.5 Å². The van der Waals surface area contributed by atoms with Crippen LogP contribution in [0.4, 0.5) is 5.69 Å². The first-order valence-electron chi connectivity index (χ1n) is 9.78. The lowest BCUT2D eigenvalue weighted by atomic mass is 9.56. The molecule has 26 heavy (non-hydrogen) atoms. The molecule has 4 bridgehead atoms. The third kappa shape index (κ3) is 2.84. The van der Waals surface area contributed by atoms with Crippen LogP contribution in [0.15, 0.2) is 18.2 Å². The molecule has 0 spiro atoms. The summed E-state index contributed by atoms with van der Waals surface area (Å²) in [6.45, 7) is 2.10. The molecule has 0 unspecified atom stereocenters. The minimum atomic E-state index is -0.168. The van der Waals surface area contributed by atoms with Gasteiger partial charge in [0, 0.05) is 10.3 Å². The molecule has 0 radical (unpaired) electrons. The molecule has 1 heterocycles. The van der Waals surface area contributed by atoms with Crippen LogP contribution < -0.4 is 10.1 Å². The summed E-state index contributed by atoms with van der Waals surface area (Å²) in [6, 6.07) is 5.39. The summed E-state index contributed by atoms with van der Waals surface area (Å²) < 4.78 is 5.72. The number of Topliss-reactive ketones (excluding diaryl/α,β-unsaturated/α-hetero) is 1. The molecule has 1 aromatic carbocycles. The van der Waals surface area contributed by atoms with Gasteiger partial charge in [-0.15, -0.1) is 11.8 Å². The summed E-state index contributed by atoms with van der Waals surface area (Å²) in [5.74, 6) is 3.32. The molecule has 4 nitrogen and oxygen atoms in total. The Labute approximate surface area is 158 Å². The molecule has 1 atom stereocenters. The van der Waals surface area contributed by atoms with Gasteiger partial charge in [-0.1, -0.05) is 0 Å². The number of nitrogens with one attached hydrogen (secondary N) is 1. The van der Waals surface area contributed by atoms with Crippen molar-refractivity contribution in [2.24, 2.45) is 17.8 Å². The van der Waals surface area contributed by atoms with Crippen molar-refractivity contribution < 1.29 is 14.3 Å². The van der Waals surface area contributed by atoms with Crippen LogP contribution in [-0.2, 0) is 4.79 Å². The van der Waals surface area contributed by atoms with Crippen molar-refractivity contribution in [2.45, 2.75) is 55.4 Å². The van der Waals surface area contributed by atoms with Gasteiger partial charge in [0.05, 0.1) is 10.9 Å². The smallest absolute Gasteiger partial charge is 0.262 e. The molecular formula is C21H25NO3S. The zero-order valence-electron chi connectivity index (χ0n) is 15.1. The van der Waals surface area contributed by atoms with E-state index in [1.807, 2.05) is 17.8 Å². The Morgan fingerprint density at radius 1 is 1.19 bits per heavy atom. The second-order valence-electron chi connectivity index (χ2n) is 8.77. The van der Waals surface area contributed by atoms with E-state index >= 15 is 0 Å². The number of hydrogen-bond donors (Lipinski definition) is 1. The number of fused-ring (bicyclic) bond motifs is 1. The van der Waals surface area contributed by atoms with Gasteiger partial charge in [-0.25, -0.2) is 0 Å². The third-order valence-corrected chi connectivity index (χ3v) is 8.24. The maximum Gasteiger partial charge on any atom is 0.262 e. The molecule has 4 aliphatic carbocycles. The van der Waals surface area contributed by atoms with Crippen LogP contribution in [0.3, 0.4) is 0 Å². The maximum atomic E-state index is 13.1. The minimum Gasteiger partial charge on any atom is -0.482 e. The van der Waals surface area contributed by atoms with E-state index in [1.54, 1.807) is 12.1 Å². The van der Waals surface area contributed by atoms with Crippen molar-refractivity contribution in [1.29, 1.82) is 0 Å². The summed E-state index contributed by atoms with van der Waals surface area (Å²) in [7, 11) is 0. The Morgan fingerprint density at radius 2 is 1.85 bits per heavy atom. The predicted octanol–water partition coefficient (Wildman–Crippen LogP) is 4.29. The summed E-state index contributed by atoms with van der Waals surface area (Å²) >= 11 is 1.93. The number of ketones is 1. The van der Waals surface area contributed by atoms with Gasteiger partial charge in [0.15, 0.2) is 12.4 Å². The van der Waals surface area contributed by atoms with Crippen LogP contribution in [0.25, 0.3) is 0 Å². The van der Waals surface area contributed by atoms with Crippen LogP contribution in [-0.4, -0.2) is 28.3 Å². The molecule has 4 saturated carbocycles. The highest BCUT2D eigenvalue weighted by Gasteiger charge is 2.52. The third-order valence-electron chi connectivity index (χ3n) is 6.67. The molecule has 0 aromatic heterocycles. The molecule has 0 saturated heterocycles. The number of amides is 1. The van der Waals surface area contributed by atoms with E-state index in [4.69, 9.17) is 4.74 Å². The number of ether oxygens (including phenoxy) is 1. The van der Waals surface area contributed by atoms with E-state index in [9.17, 15) is 9.59 Å². The zero-order chi connectivity index (χ0) is 17.9. The molecule has 5 aliphatic rings. The van der Waals surface area contributed by atoms with Crippen LogP contribution >= 0.6 is 11.8 Å². The number of benzene rings is 1.